The van der Waals surface area contributed by atoms with Gasteiger partial charge >= 0.3 is 6.18 Å². The third-order valence-corrected chi connectivity index (χ3v) is 3.94. The summed E-state index contributed by atoms with van der Waals surface area (Å²) in [7, 11) is 0. The number of nitrogens with two attached hydrogens (primary N) is 1. The van der Waals surface area contributed by atoms with Crippen LogP contribution in [0.1, 0.15) is 46.0 Å². The fraction of sp³-hybridized carbons (Fsp3) is 1.00. The molecule has 0 amide bonds. The normalized spacial score (nSPS) is 21.0. The maximum absolute atomic E-state index is 12.3. The van der Waals surface area contributed by atoms with Crippen molar-refractivity contribution in [2.24, 2.45) is 5.84 Å². The van der Waals surface area contributed by atoms with E-state index in [2.05, 4.69) is 10.3 Å². The Morgan fingerprint density at radius 2 is 1.72 bits per heavy atom. The molecule has 108 valence electrons. The van der Waals surface area contributed by atoms with Gasteiger partial charge in [0.05, 0.1) is 0 Å². The van der Waals surface area contributed by atoms with E-state index >= 15 is 0 Å². The molecule has 3 nitrogen and oxygen atoms in total. The number of rotatable bonds is 5. The van der Waals surface area contributed by atoms with Crippen LogP contribution in [0.25, 0.3) is 0 Å². The average Bonchev–Trinajstić information content (AvgIpc) is 2.29. The lowest BCUT2D eigenvalue weighted by atomic mass is 9.87. The first-order valence-corrected chi connectivity index (χ1v) is 6.55. The Balaban J connectivity index is 2.60. The Kier molecular flexibility index (Phi) is 5.43. The van der Waals surface area contributed by atoms with E-state index in [1.54, 1.807) is 0 Å². The summed E-state index contributed by atoms with van der Waals surface area (Å²) >= 11 is 0. The lowest BCUT2D eigenvalue weighted by Gasteiger charge is -2.45. The number of hydrazine groups is 1. The van der Waals surface area contributed by atoms with Gasteiger partial charge in [-0.05, 0) is 46.2 Å². The molecule has 3 N–H and O–H groups in total. The van der Waals surface area contributed by atoms with Gasteiger partial charge in [-0.15, -0.1) is 0 Å². The molecule has 18 heavy (non-hydrogen) atoms. The van der Waals surface area contributed by atoms with E-state index in [4.69, 9.17) is 5.84 Å². The molecule has 1 atom stereocenters. The second-order valence-corrected chi connectivity index (χ2v) is 5.57. The van der Waals surface area contributed by atoms with E-state index in [1.807, 2.05) is 13.8 Å². The monoisotopic (exact) mass is 267 g/mol. The van der Waals surface area contributed by atoms with Crippen LogP contribution in [0, 0.1) is 0 Å². The van der Waals surface area contributed by atoms with E-state index in [9.17, 15) is 13.2 Å². The molecule has 1 unspecified atom stereocenters. The van der Waals surface area contributed by atoms with E-state index in [1.165, 1.54) is 6.42 Å². The van der Waals surface area contributed by atoms with Crippen molar-refractivity contribution in [3.05, 3.63) is 0 Å². The van der Waals surface area contributed by atoms with Crippen molar-refractivity contribution in [1.82, 2.24) is 10.3 Å². The van der Waals surface area contributed by atoms with Gasteiger partial charge < -0.3 is 0 Å². The summed E-state index contributed by atoms with van der Waals surface area (Å²) in [5.41, 5.74) is 2.22. The number of nitrogens with zero attached hydrogens (tertiary/aromatic N) is 1. The quantitative estimate of drug-likeness (QED) is 0.594. The minimum Gasteiger partial charge on any atom is -0.297 e. The molecule has 0 spiro atoms. The van der Waals surface area contributed by atoms with Crippen LogP contribution < -0.4 is 11.3 Å². The van der Waals surface area contributed by atoms with Gasteiger partial charge in [-0.25, -0.2) is 0 Å². The molecule has 1 fully saturated rings. The summed E-state index contributed by atoms with van der Waals surface area (Å²) in [6, 6.07) is -0.350. The number of hydrogen-bond donors (Lipinski definition) is 2. The highest BCUT2D eigenvalue weighted by Gasteiger charge is 2.38. The molecule has 1 heterocycles. The minimum absolute atomic E-state index is 0.0174. The zero-order valence-electron chi connectivity index (χ0n) is 11.2. The molecule has 0 aromatic carbocycles. The summed E-state index contributed by atoms with van der Waals surface area (Å²) in [6.07, 6.45) is -1.47. The van der Waals surface area contributed by atoms with Crippen molar-refractivity contribution in [2.75, 3.05) is 13.1 Å². The van der Waals surface area contributed by atoms with Crippen LogP contribution in [0.2, 0.25) is 0 Å². The molecule has 0 aliphatic carbocycles. The smallest absolute Gasteiger partial charge is 0.297 e. The Labute approximate surface area is 107 Å². The van der Waals surface area contributed by atoms with Gasteiger partial charge in [0.15, 0.2) is 0 Å². The molecule has 1 aliphatic heterocycles. The highest BCUT2D eigenvalue weighted by molar-refractivity contribution is 4.93. The lowest BCUT2D eigenvalue weighted by Crippen LogP contribution is -2.60. The predicted octanol–water partition coefficient (Wildman–Crippen LogP) is 2.43. The van der Waals surface area contributed by atoms with Gasteiger partial charge in [0.25, 0.3) is 0 Å². The standard InChI is InChI=1S/C12H24F3N3/c1-11(2,18-8-4-3-5-9-18)10(17-16)6-7-12(13,14)15/h10,17H,3-9,16H2,1-2H3. The zero-order chi connectivity index (χ0) is 13.8. The SMILES string of the molecule is CC(C)(C(CCC(F)(F)F)NN)N1CCCCC1. The summed E-state index contributed by atoms with van der Waals surface area (Å²) in [6.45, 7) is 5.83. The van der Waals surface area contributed by atoms with Crippen LogP contribution in [0.4, 0.5) is 13.2 Å². The molecule has 6 heteroatoms. The lowest BCUT2D eigenvalue weighted by molar-refractivity contribution is -0.138. The Bertz CT molecular complexity index is 247. The molecule has 1 saturated heterocycles. The summed E-state index contributed by atoms with van der Waals surface area (Å²) in [4.78, 5) is 2.25. The first-order chi connectivity index (χ1) is 8.27. The number of halogens is 3. The van der Waals surface area contributed by atoms with Crippen molar-refractivity contribution < 1.29 is 13.2 Å². The zero-order valence-corrected chi connectivity index (χ0v) is 11.2. The Morgan fingerprint density at radius 1 is 1.17 bits per heavy atom. The van der Waals surface area contributed by atoms with Crippen LogP contribution in [-0.2, 0) is 0 Å². The predicted molar refractivity (Wildman–Crippen MR) is 65.9 cm³/mol. The van der Waals surface area contributed by atoms with Crippen molar-refractivity contribution in [2.45, 2.75) is 63.7 Å². The van der Waals surface area contributed by atoms with Gasteiger partial charge in [-0.1, -0.05) is 6.42 Å². The topological polar surface area (TPSA) is 41.3 Å². The summed E-state index contributed by atoms with van der Waals surface area (Å²) < 4.78 is 36.9. The van der Waals surface area contributed by atoms with Gasteiger partial charge in [-0.2, -0.15) is 13.2 Å². The maximum atomic E-state index is 12.3. The molecule has 1 rings (SSSR count). The van der Waals surface area contributed by atoms with Gasteiger partial charge in [0, 0.05) is 18.0 Å². The molecule has 0 saturated carbocycles. The summed E-state index contributed by atoms with van der Waals surface area (Å²) in [5.74, 6) is 5.45. The second-order valence-electron chi connectivity index (χ2n) is 5.57. The van der Waals surface area contributed by atoms with Gasteiger partial charge in [-0.3, -0.25) is 16.2 Å². The number of nitrogens with one attached hydrogen (secondary N) is 1. The number of hydrogen-bond acceptors (Lipinski definition) is 3. The van der Waals surface area contributed by atoms with Crippen molar-refractivity contribution in [3.8, 4) is 0 Å². The van der Waals surface area contributed by atoms with E-state index in [-0.39, 0.29) is 18.0 Å². The molecule has 0 radical (unpaired) electrons. The molecule has 1 aliphatic rings. The van der Waals surface area contributed by atoms with Crippen LogP contribution in [0.5, 0.6) is 0 Å². The molecular weight excluding hydrogens is 243 g/mol. The maximum Gasteiger partial charge on any atom is 0.389 e. The van der Waals surface area contributed by atoms with Crippen LogP contribution in [-0.4, -0.2) is 35.7 Å². The third-order valence-electron chi connectivity index (χ3n) is 3.94. The highest BCUT2D eigenvalue weighted by atomic mass is 19.4. The largest absolute Gasteiger partial charge is 0.389 e. The van der Waals surface area contributed by atoms with E-state index < -0.39 is 12.6 Å². The number of alkyl halides is 3. The van der Waals surface area contributed by atoms with Gasteiger partial charge in [0.1, 0.15) is 0 Å². The van der Waals surface area contributed by atoms with Crippen molar-refractivity contribution in [3.63, 3.8) is 0 Å². The first kappa shape index (κ1) is 15.7. The average molecular weight is 267 g/mol. The van der Waals surface area contributed by atoms with Crippen molar-refractivity contribution >= 4 is 0 Å². The second kappa shape index (κ2) is 6.21. The molecule has 0 bridgehead atoms. The first-order valence-electron chi connectivity index (χ1n) is 6.55. The molecule has 0 aromatic heterocycles. The van der Waals surface area contributed by atoms with Gasteiger partial charge in [0.2, 0.25) is 0 Å². The fourth-order valence-corrected chi connectivity index (χ4v) is 2.64. The van der Waals surface area contributed by atoms with Crippen LogP contribution >= 0.6 is 0 Å². The van der Waals surface area contributed by atoms with Crippen LogP contribution in [0.15, 0.2) is 0 Å². The molecule has 0 aromatic rings. The summed E-state index contributed by atoms with van der Waals surface area (Å²) in [5, 5.41) is 0. The Hall–Kier alpha value is -0.330. The Morgan fingerprint density at radius 3 is 2.17 bits per heavy atom. The molecular formula is C12H24F3N3. The van der Waals surface area contributed by atoms with E-state index in [0.717, 1.165) is 25.9 Å². The van der Waals surface area contributed by atoms with Crippen molar-refractivity contribution in [1.29, 1.82) is 0 Å². The fourth-order valence-electron chi connectivity index (χ4n) is 2.64. The highest BCUT2D eigenvalue weighted by Crippen LogP contribution is 2.29. The third kappa shape index (κ3) is 4.40. The number of piperidine rings is 1. The number of likely N-dealkylation sites (tertiary alicyclic amines) is 1. The van der Waals surface area contributed by atoms with E-state index in [0.29, 0.717) is 0 Å². The minimum atomic E-state index is -4.12. The van der Waals surface area contributed by atoms with Crippen LogP contribution in [0.3, 0.4) is 0 Å².